The summed E-state index contributed by atoms with van der Waals surface area (Å²) in [5.74, 6) is -2.83. The SMILES string of the molecule is COC1(OC)N=C(N)[C@@]2(C#N)[C@H](c3cc([N+](=O)[O-])ccc3Cl)[C@]12C#N. The lowest BCUT2D eigenvalue weighted by molar-refractivity contribution is -0.384. The Morgan fingerprint density at radius 2 is 2.00 bits per heavy atom. The van der Waals surface area contributed by atoms with Gasteiger partial charge in [0.25, 0.3) is 11.6 Å². The van der Waals surface area contributed by atoms with Gasteiger partial charge in [-0.25, -0.2) is 4.99 Å². The van der Waals surface area contributed by atoms with E-state index in [1.165, 1.54) is 32.4 Å². The van der Waals surface area contributed by atoms with E-state index in [-0.39, 0.29) is 22.1 Å². The monoisotopic (exact) mass is 361 g/mol. The van der Waals surface area contributed by atoms with Crippen LogP contribution in [0.15, 0.2) is 23.2 Å². The fourth-order valence-corrected chi connectivity index (χ4v) is 4.08. The van der Waals surface area contributed by atoms with Gasteiger partial charge in [-0.1, -0.05) is 11.6 Å². The summed E-state index contributed by atoms with van der Waals surface area (Å²) >= 11 is 6.21. The lowest BCUT2D eigenvalue weighted by Gasteiger charge is -2.29. The number of rotatable bonds is 4. The number of nitro benzene ring substituents is 1. The average Bonchev–Trinajstić information content (AvgIpc) is 3.17. The molecule has 9 nitrogen and oxygen atoms in total. The second-order valence-electron chi connectivity index (χ2n) is 5.72. The van der Waals surface area contributed by atoms with E-state index in [2.05, 4.69) is 11.1 Å². The van der Waals surface area contributed by atoms with Crippen LogP contribution in [0.3, 0.4) is 0 Å². The van der Waals surface area contributed by atoms with Crippen molar-refractivity contribution in [3.05, 3.63) is 38.9 Å². The van der Waals surface area contributed by atoms with Gasteiger partial charge in [0.2, 0.25) is 0 Å². The van der Waals surface area contributed by atoms with Crippen molar-refractivity contribution in [3.63, 3.8) is 0 Å². The van der Waals surface area contributed by atoms with E-state index in [1.54, 1.807) is 0 Å². The minimum Gasteiger partial charge on any atom is -0.386 e. The van der Waals surface area contributed by atoms with Gasteiger partial charge < -0.3 is 15.2 Å². The van der Waals surface area contributed by atoms with Crippen molar-refractivity contribution in [1.29, 1.82) is 10.5 Å². The summed E-state index contributed by atoms with van der Waals surface area (Å²) in [6, 6.07) is 7.90. The number of methoxy groups -OCH3 is 2. The molecule has 128 valence electrons. The number of nitro groups is 1. The van der Waals surface area contributed by atoms with Crippen LogP contribution in [0.2, 0.25) is 5.02 Å². The molecule has 0 unspecified atom stereocenters. The Kier molecular flexibility index (Phi) is 3.52. The van der Waals surface area contributed by atoms with Crippen LogP contribution in [0.1, 0.15) is 11.5 Å². The largest absolute Gasteiger partial charge is 0.386 e. The zero-order chi connectivity index (χ0) is 18.6. The molecule has 1 aromatic carbocycles. The summed E-state index contributed by atoms with van der Waals surface area (Å²) < 4.78 is 10.6. The number of non-ortho nitro benzene ring substituents is 1. The van der Waals surface area contributed by atoms with E-state index in [0.29, 0.717) is 0 Å². The van der Waals surface area contributed by atoms with Gasteiger partial charge in [0, 0.05) is 37.3 Å². The maximum Gasteiger partial charge on any atom is 0.292 e. The van der Waals surface area contributed by atoms with Crippen LogP contribution in [0.4, 0.5) is 5.69 Å². The van der Waals surface area contributed by atoms with Crippen molar-refractivity contribution in [2.24, 2.45) is 21.6 Å². The van der Waals surface area contributed by atoms with E-state index >= 15 is 0 Å². The van der Waals surface area contributed by atoms with Gasteiger partial charge in [0.1, 0.15) is 11.3 Å². The van der Waals surface area contributed by atoms with Crippen molar-refractivity contribution in [1.82, 2.24) is 0 Å². The summed E-state index contributed by atoms with van der Waals surface area (Å²) in [6.07, 6.45) is 0. The van der Waals surface area contributed by atoms with Gasteiger partial charge in [0.15, 0.2) is 5.41 Å². The molecule has 0 radical (unpaired) electrons. The second kappa shape index (κ2) is 5.14. The summed E-state index contributed by atoms with van der Waals surface area (Å²) in [5, 5.41) is 31.0. The molecule has 3 atom stereocenters. The fourth-order valence-electron chi connectivity index (χ4n) is 3.85. The molecule has 2 N–H and O–H groups in total. The van der Waals surface area contributed by atoms with E-state index in [0.717, 1.165) is 0 Å². The Hall–Kier alpha value is -2.72. The number of hydrogen-bond donors (Lipinski definition) is 1. The number of nitriles is 2. The van der Waals surface area contributed by atoms with Gasteiger partial charge >= 0.3 is 0 Å². The molecule has 1 saturated carbocycles. The molecule has 0 saturated heterocycles. The van der Waals surface area contributed by atoms with Crippen LogP contribution >= 0.6 is 11.6 Å². The van der Waals surface area contributed by atoms with Crippen LogP contribution in [0, 0.1) is 43.6 Å². The number of nitrogens with zero attached hydrogens (tertiary/aromatic N) is 4. The summed E-state index contributed by atoms with van der Waals surface area (Å²) in [4.78, 5) is 14.6. The highest BCUT2D eigenvalue weighted by molar-refractivity contribution is 6.31. The van der Waals surface area contributed by atoms with E-state index in [1.807, 2.05) is 6.07 Å². The first-order valence-electron chi connectivity index (χ1n) is 7.04. The maximum atomic E-state index is 11.1. The highest BCUT2D eigenvalue weighted by atomic mass is 35.5. The molecule has 1 heterocycles. The Bertz CT molecular complexity index is 900. The zero-order valence-electron chi connectivity index (χ0n) is 13.2. The number of nitrogens with two attached hydrogens (primary N) is 1. The third-order valence-electron chi connectivity index (χ3n) is 4.98. The van der Waals surface area contributed by atoms with Crippen LogP contribution in [-0.4, -0.2) is 30.9 Å². The molecule has 0 aromatic heterocycles. The zero-order valence-corrected chi connectivity index (χ0v) is 13.9. The number of ether oxygens (including phenoxy) is 2. The van der Waals surface area contributed by atoms with Crippen LogP contribution < -0.4 is 5.73 Å². The molecule has 0 spiro atoms. The smallest absolute Gasteiger partial charge is 0.292 e. The van der Waals surface area contributed by atoms with Crippen molar-refractivity contribution < 1.29 is 14.4 Å². The second-order valence-corrected chi connectivity index (χ2v) is 6.13. The predicted octanol–water partition coefficient (Wildman–Crippen LogP) is 1.68. The molecule has 2 aliphatic rings. The highest BCUT2D eigenvalue weighted by Crippen LogP contribution is 2.82. The third-order valence-corrected chi connectivity index (χ3v) is 5.33. The number of benzene rings is 1. The minimum absolute atomic E-state index is 0.132. The summed E-state index contributed by atoms with van der Waals surface area (Å²) in [7, 11) is 2.55. The van der Waals surface area contributed by atoms with Crippen molar-refractivity contribution in [2.45, 2.75) is 11.8 Å². The molecule has 0 bridgehead atoms. The Morgan fingerprint density at radius 1 is 1.36 bits per heavy atom. The van der Waals surface area contributed by atoms with Crippen LogP contribution in [0.5, 0.6) is 0 Å². The number of amidine groups is 1. The van der Waals surface area contributed by atoms with Crippen LogP contribution in [-0.2, 0) is 9.47 Å². The molecule has 1 aliphatic carbocycles. The topological polar surface area (TPSA) is 148 Å². The molecule has 10 heteroatoms. The first-order chi connectivity index (χ1) is 11.8. The Labute approximate surface area is 147 Å². The standard InChI is InChI=1S/C15H12ClN5O4/c1-24-15(25-2)14(7-18)11(13(14,6-17)12(19)20-15)9-5-8(21(22)23)3-4-10(9)16/h3-5,11H,1-2H3,(H2,19,20)/t11-,13+,14-/m0/s1. The molecule has 0 amide bonds. The van der Waals surface area contributed by atoms with Gasteiger partial charge in [0.05, 0.1) is 17.1 Å². The maximum absolute atomic E-state index is 11.1. The number of fused-ring (bicyclic) bond motifs is 1. The first-order valence-corrected chi connectivity index (χ1v) is 7.42. The number of halogens is 1. The molecular formula is C15H12ClN5O4. The normalized spacial score (nSPS) is 31.4. The minimum atomic E-state index is -1.81. The van der Waals surface area contributed by atoms with Gasteiger partial charge in [-0.3, -0.25) is 10.1 Å². The summed E-state index contributed by atoms with van der Waals surface area (Å²) in [5.41, 5.74) is 2.83. The average molecular weight is 362 g/mol. The van der Waals surface area contributed by atoms with Gasteiger partial charge in [-0.2, -0.15) is 10.5 Å². The lowest BCUT2D eigenvalue weighted by atomic mass is 9.93. The highest BCUT2D eigenvalue weighted by Gasteiger charge is 2.93. The molecule has 1 aromatic rings. The molecular weight excluding hydrogens is 350 g/mol. The van der Waals surface area contributed by atoms with Crippen molar-refractivity contribution in [3.8, 4) is 12.1 Å². The first kappa shape index (κ1) is 17.1. The van der Waals surface area contributed by atoms with Gasteiger partial charge in [-0.15, -0.1) is 0 Å². The third kappa shape index (κ3) is 1.65. The van der Waals surface area contributed by atoms with Gasteiger partial charge in [-0.05, 0) is 11.6 Å². The molecule has 25 heavy (non-hydrogen) atoms. The van der Waals surface area contributed by atoms with E-state index < -0.39 is 27.6 Å². The van der Waals surface area contributed by atoms with Crippen LogP contribution in [0.25, 0.3) is 0 Å². The molecule has 3 rings (SSSR count). The number of hydrogen-bond acceptors (Lipinski definition) is 8. The van der Waals surface area contributed by atoms with Crippen molar-refractivity contribution in [2.75, 3.05) is 14.2 Å². The Morgan fingerprint density at radius 3 is 2.48 bits per heavy atom. The molecule has 1 fully saturated rings. The fraction of sp³-hybridized carbons (Fsp3) is 0.400. The molecule has 1 aliphatic heterocycles. The van der Waals surface area contributed by atoms with Crippen molar-refractivity contribution >= 4 is 23.1 Å². The van der Waals surface area contributed by atoms with E-state index in [4.69, 9.17) is 26.8 Å². The number of aliphatic imine (C=N–C) groups is 1. The lowest BCUT2D eigenvalue weighted by Crippen LogP contribution is -2.41. The van der Waals surface area contributed by atoms with E-state index in [9.17, 15) is 20.6 Å². The Balaban J connectivity index is 2.29. The summed E-state index contributed by atoms with van der Waals surface area (Å²) in [6.45, 7) is 0. The predicted molar refractivity (Wildman–Crippen MR) is 85.3 cm³/mol. The quantitative estimate of drug-likeness (QED) is 0.487.